The molecule has 0 radical (unpaired) electrons. The average molecular weight is 273 g/mol. The second-order valence-electron chi connectivity index (χ2n) is 4.78. The van der Waals surface area contributed by atoms with Crippen molar-refractivity contribution in [1.29, 1.82) is 0 Å². The third-order valence-electron chi connectivity index (χ3n) is 3.48. The largest absolute Gasteiger partial charge is 0.496 e. The van der Waals surface area contributed by atoms with Crippen molar-refractivity contribution in [2.24, 2.45) is 0 Å². The number of benzene rings is 1. The first-order valence-corrected chi connectivity index (χ1v) is 7.80. The molecule has 0 spiro atoms. The number of ether oxygens (including phenoxy) is 1. The van der Waals surface area contributed by atoms with Gasteiger partial charge in [-0.05, 0) is 47.9 Å². The number of rotatable bonds is 4. The second kappa shape index (κ2) is 5.76. The third kappa shape index (κ3) is 2.53. The summed E-state index contributed by atoms with van der Waals surface area (Å²) in [5, 5.41) is 7.16. The van der Waals surface area contributed by atoms with Crippen LogP contribution >= 0.6 is 11.3 Å². The summed E-state index contributed by atoms with van der Waals surface area (Å²) >= 11 is 1.81. The minimum absolute atomic E-state index is 0.196. The van der Waals surface area contributed by atoms with Crippen molar-refractivity contribution in [3.05, 3.63) is 47.0 Å². The van der Waals surface area contributed by atoms with Gasteiger partial charge >= 0.3 is 0 Å². The van der Waals surface area contributed by atoms with Crippen LogP contribution in [0.5, 0.6) is 0 Å². The van der Waals surface area contributed by atoms with E-state index in [2.05, 4.69) is 48.0 Å². The maximum atomic E-state index is 5.87. The Balaban J connectivity index is 2.01. The van der Waals surface area contributed by atoms with Crippen LogP contribution < -0.4 is 5.32 Å². The molecule has 3 heteroatoms. The summed E-state index contributed by atoms with van der Waals surface area (Å²) in [5.41, 5.74) is 1.34. The summed E-state index contributed by atoms with van der Waals surface area (Å²) in [6.45, 7) is 3.93. The van der Waals surface area contributed by atoms with E-state index in [1.807, 2.05) is 11.3 Å². The molecule has 1 aromatic heterocycles. The molecule has 1 aliphatic rings. The molecule has 1 N–H and O–H groups in total. The summed E-state index contributed by atoms with van der Waals surface area (Å²) in [5.74, 6) is 1.09. The lowest BCUT2D eigenvalue weighted by Gasteiger charge is -2.24. The van der Waals surface area contributed by atoms with Gasteiger partial charge in [0.15, 0.2) is 0 Å². The molecule has 0 saturated carbocycles. The first-order valence-electron chi connectivity index (χ1n) is 6.92. The SMILES string of the molecule is CCNC(C1=CCCCO1)c1csc2ccccc12. The van der Waals surface area contributed by atoms with Crippen LogP contribution in [0.4, 0.5) is 0 Å². The first-order chi connectivity index (χ1) is 9.40. The molecule has 1 unspecified atom stereocenters. The van der Waals surface area contributed by atoms with Crippen LogP contribution in [0, 0.1) is 0 Å². The molecule has 1 aromatic carbocycles. The molecule has 0 bridgehead atoms. The van der Waals surface area contributed by atoms with Crippen LogP contribution in [0.15, 0.2) is 41.5 Å². The molecule has 1 aliphatic heterocycles. The third-order valence-corrected chi connectivity index (χ3v) is 4.46. The zero-order chi connectivity index (χ0) is 13.1. The molecule has 2 aromatic rings. The molecule has 0 amide bonds. The van der Waals surface area contributed by atoms with Crippen LogP contribution in [0.2, 0.25) is 0 Å². The van der Waals surface area contributed by atoms with Crippen molar-refractivity contribution in [3.8, 4) is 0 Å². The van der Waals surface area contributed by atoms with Gasteiger partial charge in [-0.1, -0.05) is 25.1 Å². The van der Waals surface area contributed by atoms with E-state index in [9.17, 15) is 0 Å². The van der Waals surface area contributed by atoms with E-state index in [0.29, 0.717) is 0 Å². The summed E-state index contributed by atoms with van der Waals surface area (Å²) in [4.78, 5) is 0. The summed E-state index contributed by atoms with van der Waals surface area (Å²) in [6, 6.07) is 8.79. The molecule has 0 fully saturated rings. The topological polar surface area (TPSA) is 21.3 Å². The lowest BCUT2D eigenvalue weighted by atomic mass is 10.0. The van der Waals surface area contributed by atoms with Crippen molar-refractivity contribution >= 4 is 21.4 Å². The van der Waals surface area contributed by atoms with Crippen molar-refractivity contribution < 1.29 is 4.74 Å². The molecule has 19 heavy (non-hydrogen) atoms. The summed E-state index contributed by atoms with van der Waals surface area (Å²) < 4.78 is 7.21. The Hall–Kier alpha value is -1.32. The molecule has 0 saturated heterocycles. The van der Waals surface area contributed by atoms with Crippen LogP contribution in [-0.2, 0) is 4.74 Å². The Morgan fingerprint density at radius 1 is 1.37 bits per heavy atom. The van der Waals surface area contributed by atoms with Gasteiger partial charge in [-0.15, -0.1) is 11.3 Å². The Morgan fingerprint density at radius 3 is 3.05 bits per heavy atom. The fourth-order valence-electron chi connectivity index (χ4n) is 2.57. The molecule has 2 heterocycles. The van der Waals surface area contributed by atoms with Gasteiger partial charge in [-0.2, -0.15) is 0 Å². The molecule has 1 atom stereocenters. The standard InChI is InChI=1S/C16H19NOS/c1-2-17-16(14-8-5-6-10-18-14)13-11-19-15-9-4-3-7-12(13)15/h3-4,7-9,11,16-17H,2,5-6,10H2,1H3. The van der Waals surface area contributed by atoms with Crippen molar-refractivity contribution in [2.45, 2.75) is 25.8 Å². The maximum Gasteiger partial charge on any atom is 0.113 e. The number of thiophene rings is 1. The number of fused-ring (bicyclic) bond motifs is 1. The zero-order valence-electron chi connectivity index (χ0n) is 11.2. The lowest BCUT2D eigenvalue weighted by Crippen LogP contribution is -2.25. The first kappa shape index (κ1) is 12.7. The van der Waals surface area contributed by atoms with E-state index < -0.39 is 0 Å². The highest BCUT2D eigenvalue weighted by Gasteiger charge is 2.21. The van der Waals surface area contributed by atoms with E-state index in [1.165, 1.54) is 15.6 Å². The lowest BCUT2D eigenvalue weighted by molar-refractivity contribution is 0.168. The Kier molecular flexibility index (Phi) is 3.85. The zero-order valence-corrected chi connectivity index (χ0v) is 12.0. The number of likely N-dealkylation sites (N-methyl/N-ethyl adjacent to an activating group) is 1. The second-order valence-corrected chi connectivity index (χ2v) is 5.69. The number of nitrogens with one attached hydrogen (secondary N) is 1. The smallest absolute Gasteiger partial charge is 0.113 e. The number of hydrogen-bond acceptors (Lipinski definition) is 3. The van der Waals surface area contributed by atoms with E-state index in [1.54, 1.807) is 0 Å². The highest BCUT2D eigenvalue weighted by Crippen LogP contribution is 2.34. The van der Waals surface area contributed by atoms with Crippen LogP contribution in [-0.4, -0.2) is 13.2 Å². The van der Waals surface area contributed by atoms with Crippen LogP contribution in [0.1, 0.15) is 31.4 Å². The Bertz CT molecular complexity index is 587. The Labute approximate surface area is 118 Å². The number of hydrogen-bond donors (Lipinski definition) is 1. The Morgan fingerprint density at radius 2 is 2.26 bits per heavy atom. The van der Waals surface area contributed by atoms with E-state index >= 15 is 0 Å². The molecular weight excluding hydrogens is 254 g/mol. The quantitative estimate of drug-likeness (QED) is 0.899. The van der Waals surface area contributed by atoms with Crippen LogP contribution in [0.3, 0.4) is 0 Å². The van der Waals surface area contributed by atoms with Gasteiger partial charge in [0.1, 0.15) is 5.76 Å². The summed E-state index contributed by atoms with van der Waals surface area (Å²) in [7, 11) is 0. The van der Waals surface area contributed by atoms with E-state index in [4.69, 9.17) is 4.74 Å². The molecule has 3 rings (SSSR count). The highest BCUT2D eigenvalue weighted by atomic mass is 32.1. The molecule has 2 nitrogen and oxygen atoms in total. The predicted molar refractivity (Wildman–Crippen MR) is 81.5 cm³/mol. The molecular formula is C16H19NOS. The average Bonchev–Trinajstić information content (AvgIpc) is 2.89. The fraction of sp³-hybridized carbons (Fsp3) is 0.375. The van der Waals surface area contributed by atoms with Gasteiger partial charge in [-0.25, -0.2) is 0 Å². The van der Waals surface area contributed by atoms with Gasteiger partial charge in [0, 0.05) is 4.70 Å². The van der Waals surface area contributed by atoms with Crippen molar-refractivity contribution in [2.75, 3.05) is 13.2 Å². The monoisotopic (exact) mass is 273 g/mol. The van der Waals surface area contributed by atoms with Crippen molar-refractivity contribution in [3.63, 3.8) is 0 Å². The normalized spacial score (nSPS) is 17.0. The van der Waals surface area contributed by atoms with E-state index in [0.717, 1.165) is 31.8 Å². The summed E-state index contributed by atoms with van der Waals surface area (Å²) in [6.07, 6.45) is 4.50. The predicted octanol–water partition coefficient (Wildman–Crippen LogP) is 4.25. The van der Waals surface area contributed by atoms with Crippen LogP contribution in [0.25, 0.3) is 10.1 Å². The van der Waals surface area contributed by atoms with E-state index in [-0.39, 0.29) is 6.04 Å². The van der Waals surface area contributed by atoms with Gasteiger partial charge in [-0.3, -0.25) is 0 Å². The minimum Gasteiger partial charge on any atom is -0.496 e. The van der Waals surface area contributed by atoms with Crippen molar-refractivity contribution in [1.82, 2.24) is 5.32 Å². The number of allylic oxidation sites excluding steroid dienone is 1. The van der Waals surface area contributed by atoms with Gasteiger partial charge in [0.05, 0.1) is 12.6 Å². The fourth-order valence-corrected chi connectivity index (χ4v) is 3.55. The maximum absolute atomic E-state index is 5.87. The highest BCUT2D eigenvalue weighted by molar-refractivity contribution is 7.17. The van der Waals surface area contributed by atoms with Gasteiger partial charge in [0.25, 0.3) is 0 Å². The molecule has 0 aliphatic carbocycles. The molecule has 100 valence electrons. The van der Waals surface area contributed by atoms with Gasteiger partial charge < -0.3 is 10.1 Å². The van der Waals surface area contributed by atoms with Gasteiger partial charge in [0.2, 0.25) is 0 Å². The minimum atomic E-state index is 0.196.